The van der Waals surface area contributed by atoms with Gasteiger partial charge in [0.25, 0.3) is 5.91 Å². The third kappa shape index (κ3) is 6.32. The fraction of sp³-hybridized carbons (Fsp3) is 0.345. The molecule has 3 atom stereocenters. The van der Waals surface area contributed by atoms with Gasteiger partial charge >= 0.3 is 7.82 Å². The van der Waals surface area contributed by atoms with E-state index < -0.39 is 20.0 Å². The zero-order valence-corrected chi connectivity index (χ0v) is 21.8. The zero-order chi connectivity index (χ0) is 25.5. The Hall–Kier alpha value is -2.76. The molecular formula is C29H34NO5P. The van der Waals surface area contributed by atoms with Crippen LogP contribution in [-0.2, 0) is 33.0 Å². The van der Waals surface area contributed by atoms with Crippen molar-refractivity contribution in [1.82, 2.24) is 4.90 Å². The molecule has 0 spiro atoms. The van der Waals surface area contributed by atoms with Gasteiger partial charge in [-0.05, 0) is 54.2 Å². The molecule has 4 rings (SSSR count). The van der Waals surface area contributed by atoms with Crippen LogP contribution in [0.15, 0.2) is 78.9 Å². The number of nitrogens with zero attached hydrogens (tertiary/aromatic N) is 1. The van der Waals surface area contributed by atoms with Crippen molar-refractivity contribution in [3.63, 3.8) is 0 Å². The van der Waals surface area contributed by atoms with Crippen LogP contribution in [0.1, 0.15) is 65.3 Å². The molecule has 1 amide bonds. The second kappa shape index (κ2) is 12.0. The minimum Gasteiger partial charge on any atom is -0.325 e. The molecule has 3 aromatic carbocycles. The molecule has 0 aromatic heterocycles. The summed E-state index contributed by atoms with van der Waals surface area (Å²) < 4.78 is 23.3. The molecule has 190 valence electrons. The van der Waals surface area contributed by atoms with Gasteiger partial charge in [-0.3, -0.25) is 13.8 Å². The van der Waals surface area contributed by atoms with E-state index in [0.29, 0.717) is 18.5 Å². The lowest BCUT2D eigenvalue weighted by Gasteiger charge is -2.34. The molecule has 1 N–H and O–H groups in total. The number of rotatable bonds is 11. The van der Waals surface area contributed by atoms with E-state index in [1.165, 1.54) is 5.56 Å². The Labute approximate surface area is 213 Å². The van der Waals surface area contributed by atoms with Crippen molar-refractivity contribution in [2.75, 3.05) is 6.61 Å². The number of hydrogen-bond donors (Lipinski definition) is 1. The number of carbonyl (C=O) groups excluding carboxylic acids is 1. The van der Waals surface area contributed by atoms with Crippen LogP contribution in [0.25, 0.3) is 0 Å². The number of phosphoric acid groups is 1. The SMILES string of the molecule is CCCCc1ccc(C(=O)N(Cc2ccccc2)C2c3ccccc3CC2OP(=O)(O)OCC)cc1. The third-order valence-corrected chi connectivity index (χ3v) is 7.64. The van der Waals surface area contributed by atoms with Gasteiger partial charge < -0.3 is 9.79 Å². The van der Waals surface area contributed by atoms with Crippen molar-refractivity contribution in [3.05, 3.63) is 107 Å². The molecule has 6 nitrogen and oxygen atoms in total. The molecule has 0 aliphatic heterocycles. The molecular weight excluding hydrogens is 473 g/mol. The van der Waals surface area contributed by atoms with Crippen molar-refractivity contribution >= 4 is 13.7 Å². The molecule has 0 bridgehead atoms. The van der Waals surface area contributed by atoms with Gasteiger partial charge in [0.15, 0.2) is 0 Å². The first-order chi connectivity index (χ1) is 17.4. The number of amides is 1. The summed E-state index contributed by atoms with van der Waals surface area (Å²) in [6, 6.07) is 24.8. The van der Waals surface area contributed by atoms with Crippen LogP contribution in [0.4, 0.5) is 0 Å². The monoisotopic (exact) mass is 507 g/mol. The maximum Gasteiger partial charge on any atom is 0.472 e. The van der Waals surface area contributed by atoms with Gasteiger partial charge in [-0.1, -0.05) is 80.1 Å². The second-order valence-corrected chi connectivity index (χ2v) is 10.5. The van der Waals surface area contributed by atoms with Gasteiger partial charge in [0.2, 0.25) is 0 Å². The fourth-order valence-corrected chi connectivity index (χ4v) is 5.72. The van der Waals surface area contributed by atoms with Crippen LogP contribution in [0.2, 0.25) is 0 Å². The van der Waals surface area contributed by atoms with E-state index in [2.05, 4.69) is 6.92 Å². The highest BCUT2D eigenvalue weighted by atomic mass is 31.2. The van der Waals surface area contributed by atoms with Crippen molar-refractivity contribution in [2.45, 2.75) is 58.2 Å². The maximum atomic E-state index is 14.0. The largest absolute Gasteiger partial charge is 0.472 e. The Morgan fingerprint density at radius 3 is 2.36 bits per heavy atom. The Bertz CT molecular complexity index is 1200. The molecule has 1 aliphatic carbocycles. The van der Waals surface area contributed by atoms with Crippen molar-refractivity contribution in [2.24, 2.45) is 0 Å². The van der Waals surface area contributed by atoms with Gasteiger partial charge in [0.05, 0.1) is 18.8 Å². The summed E-state index contributed by atoms with van der Waals surface area (Å²) in [6.45, 7) is 4.19. The molecule has 0 fully saturated rings. The number of unbranched alkanes of at least 4 members (excludes halogenated alkanes) is 1. The highest BCUT2D eigenvalue weighted by Crippen LogP contribution is 2.50. The van der Waals surface area contributed by atoms with E-state index in [4.69, 9.17) is 9.05 Å². The quantitative estimate of drug-likeness (QED) is 0.300. The average molecular weight is 508 g/mol. The molecule has 0 saturated heterocycles. The van der Waals surface area contributed by atoms with Crippen molar-refractivity contribution in [1.29, 1.82) is 0 Å². The van der Waals surface area contributed by atoms with E-state index in [1.54, 1.807) is 11.8 Å². The molecule has 0 heterocycles. The summed E-state index contributed by atoms with van der Waals surface area (Å²) >= 11 is 0. The van der Waals surface area contributed by atoms with Crippen LogP contribution in [-0.4, -0.2) is 28.4 Å². The average Bonchev–Trinajstić information content (AvgIpc) is 3.23. The molecule has 36 heavy (non-hydrogen) atoms. The van der Waals surface area contributed by atoms with Crippen LogP contribution in [0.5, 0.6) is 0 Å². The first-order valence-corrected chi connectivity index (χ1v) is 14.1. The van der Waals surface area contributed by atoms with Gasteiger partial charge in [0.1, 0.15) is 0 Å². The number of hydrogen-bond acceptors (Lipinski definition) is 4. The lowest BCUT2D eigenvalue weighted by molar-refractivity contribution is 0.0314. The molecule has 3 aromatic rings. The summed E-state index contributed by atoms with van der Waals surface area (Å²) in [5.74, 6) is -0.152. The summed E-state index contributed by atoms with van der Waals surface area (Å²) in [6.07, 6.45) is 2.89. The minimum absolute atomic E-state index is 0.0507. The van der Waals surface area contributed by atoms with E-state index in [1.807, 2.05) is 78.9 Å². The number of aryl methyl sites for hydroxylation is 1. The highest BCUT2D eigenvalue weighted by molar-refractivity contribution is 7.47. The predicted octanol–water partition coefficient (Wildman–Crippen LogP) is 6.49. The normalized spacial score (nSPS) is 18.4. The summed E-state index contributed by atoms with van der Waals surface area (Å²) in [5, 5.41) is 0. The zero-order valence-electron chi connectivity index (χ0n) is 20.9. The maximum absolute atomic E-state index is 14.0. The molecule has 3 unspecified atom stereocenters. The van der Waals surface area contributed by atoms with Gasteiger partial charge in [0, 0.05) is 18.5 Å². The smallest absolute Gasteiger partial charge is 0.325 e. The van der Waals surface area contributed by atoms with Crippen LogP contribution < -0.4 is 0 Å². The van der Waals surface area contributed by atoms with Crippen molar-refractivity contribution in [3.8, 4) is 0 Å². The molecule has 1 aliphatic rings. The van der Waals surface area contributed by atoms with Crippen molar-refractivity contribution < 1.29 is 23.3 Å². The lowest BCUT2D eigenvalue weighted by Crippen LogP contribution is -2.39. The number of carbonyl (C=O) groups is 1. The van der Waals surface area contributed by atoms with E-state index in [0.717, 1.165) is 36.0 Å². The summed E-state index contributed by atoms with van der Waals surface area (Å²) in [5.41, 5.74) is 4.65. The third-order valence-electron chi connectivity index (χ3n) is 6.52. The number of benzene rings is 3. The van der Waals surface area contributed by atoms with Gasteiger partial charge in [-0.2, -0.15) is 0 Å². The second-order valence-electron chi connectivity index (χ2n) is 9.10. The van der Waals surface area contributed by atoms with E-state index in [9.17, 15) is 14.3 Å². The molecule has 0 radical (unpaired) electrons. The summed E-state index contributed by atoms with van der Waals surface area (Å²) in [7, 11) is -4.29. The van der Waals surface area contributed by atoms with Crippen LogP contribution in [0.3, 0.4) is 0 Å². The van der Waals surface area contributed by atoms with Crippen LogP contribution >= 0.6 is 7.82 Å². The predicted molar refractivity (Wildman–Crippen MR) is 141 cm³/mol. The number of phosphoric ester groups is 1. The number of fused-ring (bicyclic) bond motifs is 1. The Morgan fingerprint density at radius 1 is 0.972 bits per heavy atom. The minimum atomic E-state index is -4.29. The standard InChI is InChI=1S/C29H34NO5P/c1-3-5-11-22-16-18-24(19-17-22)29(31)30(21-23-12-7-6-8-13-23)28-26-15-10-9-14-25(26)20-27(28)35-36(32,33)34-4-2/h6-10,12-19,27-28H,3-5,11,20-21H2,1-2H3,(H,32,33). The first-order valence-electron chi connectivity index (χ1n) is 12.6. The highest BCUT2D eigenvalue weighted by Gasteiger charge is 2.43. The Kier molecular flexibility index (Phi) is 8.76. The van der Waals surface area contributed by atoms with Gasteiger partial charge in [-0.15, -0.1) is 0 Å². The fourth-order valence-electron chi connectivity index (χ4n) is 4.80. The Balaban J connectivity index is 1.72. The van der Waals surface area contributed by atoms with Crippen LogP contribution in [0, 0.1) is 0 Å². The first kappa shape index (κ1) is 26.3. The topological polar surface area (TPSA) is 76.1 Å². The van der Waals surface area contributed by atoms with E-state index >= 15 is 0 Å². The Morgan fingerprint density at radius 2 is 1.67 bits per heavy atom. The lowest BCUT2D eigenvalue weighted by atomic mass is 10.0. The summed E-state index contributed by atoms with van der Waals surface area (Å²) in [4.78, 5) is 26.1. The van der Waals surface area contributed by atoms with Gasteiger partial charge in [-0.25, -0.2) is 4.57 Å². The molecule has 0 saturated carbocycles. The van der Waals surface area contributed by atoms with E-state index in [-0.39, 0.29) is 12.5 Å². The molecule has 7 heteroatoms.